The number of rotatable bonds is 19. The summed E-state index contributed by atoms with van der Waals surface area (Å²) in [5.74, 6) is 0.470. The quantitative estimate of drug-likeness (QED) is 0.0358. The van der Waals surface area contributed by atoms with Gasteiger partial charge in [-0.25, -0.2) is 0 Å². The number of allylic oxidation sites excluding steroid dienone is 4. The van der Waals surface area contributed by atoms with Crippen LogP contribution < -0.4 is 108 Å². The molecule has 0 aromatic heterocycles. The minimum Gasteiger partial charge on any atom is -1.00 e. The van der Waals surface area contributed by atoms with Crippen molar-refractivity contribution in [3.05, 3.63) is 46.6 Å². The monoisotopic (exact) mass is 1360 g/mol. The zero-order chi connectivity index (χ0) is 65.0. The summed E-state index contributed by atoms with van der Waals surface area (Å²) in [6.45, 7) is 28.8. The van der Waals surface area contributed by atoms with Crippen molar-refractivity contribution in [3.8, 4) is 0 Å². The maximum Gasteiger partial charge on any atom is 1.00 e. The maximum absolute atomic E-state index is 10.8. The average Bonchev–Trinajstić information content (AvgIpc) is 1.56. The summed E-state index contributed by atoms with van der Waals surface area (Å²) in [7, 11) is 7.72. The number of carbonyl (C=O) groups is 2. The number of aliphatic hydroxyl groups is 4. The van der Waals surface area contributed by atoms with E-state index in [0.29, 0.717) is 6.47 Å². The Bertz CT molecular complexity index is 2250. The number of epoxide rings is 8. The van der Waals surface area contributed by atoms with E-state index in [-0.39, 0.29) is 249 Å². The predicted octanol–water partition coefficient (Wildman–Crippen LogP) is 1.84. The Morgan fingerprint density at radius 1 is 0.446 bits per heavy atom. The molecule has 0 unspecified atom stereocenters. The van der Waals surface area contributed by atoms with Gasteiger partial charge < -0.3 is 93.6 Å². The Balaban J connectivity index is 0.000000403. The predicted molar refractivity (Wildman–Crippen MR) is 337 cm³/mol. The fourth-order valence-electron chi connectivity index (χ4n) is 16.0. The zero-order valence-electron chi connectivity index (χ0n) is 58.7. The van der Waals surface area contributed by atoms with Gasteiger partial charge >= 0.3 is 103 Å². The third-order valence-corrected chi connectivity index (χ3v) is 21.3. The minimum atomic E-state index is -0.412. The Kier molecular flexibility index (Phi) is 33.8. The van der Waals surface area contributed by atoms with Gasteiger partial charge in [-0.1, -0.05) is 61.4 Å². The molecule has 4 saturated carbocycles. The van der Waals surface area contributed by atoms with Gasteiger partial charge in [-0.15, -0.1) is 0 Å². The van der Waals surface area contributed by atoms with Crippen molar-refractivity contribution in [2.75, 3.05) is 62.0 Å². The van der Waals surface area contributed by atoms with E-state index in [9.17, 15) is 20.1 Å². The van der Waals surface area contributed by atoms with Crippen molar-refractivity contribution in [3.63, 3.8) is 0 Å². The van der Waals surface area contributed by atoms with Crippen LogP contribution in [-0.4, -0.2) is 213 Å². The third kappa shape index (κ3) is 19.6. The van der Waals surface area contributed by atoms with Crippen LogP contribution in [-0.2, 0) is 76.1 Å². The largest absolute Gasteiger partial charge is 1.00 e. The summed E-state index contributed by atoms with van der Waals surface area (Å²) < 4.78 is 75.2. The molecule has 522 valence electrons. The number of hydrogen-bond acceptors (Lipinski definition) is 21. The van der Waals surface area contributed by atoms with Crippen molar-refractivity contribution in [1.29, 1.82) is 0 Å². The van der Waals surface area contributed by atoms with Crippen molar-refractivity contribution in [2.24, 2.45) is 23.7 Å². The first-order valence-electron chi connectivity index (χ1n) is 31.9. The molecule has 0 bridgehead atoms. The van der Waals surface area contributed by atoms with Gasteiger partial charge in [0.25, 0.3) is 12.9 Å². The second kappa shape index (κ2) is 35.9. The minimum absolute atomic E-state index is 0. The number of hydrogen-bond donors (Lipinski definition) is 4. The van der Waals surface area contributed by atoms with Crippen LogP contribution in [0.15, 0.2) is 46.6 Å². The van der Waals surface area contributed by atoms with Crippen LogP contribution in [0.4, 0.5) is 0 Å². The summed E-state index contributed by atoms with van der Waals surface area (Å²) in [4.78, 5) is 22.0. The second-order valence-corrected chi connectivity index (χ2v) is 28.2. The van der Waals surface area contributed by atoms with E-state index >= 15 is 0 Å². The molecule has 4 aliphatic carbocycles. The third-order valence-electron chi connectivity index (χ3n) is 21.3. The Morgan fingerprint density at radius 3 is 0.848 bits per heavy atom. The molecule has 0 radical (unpaired) electrons. The molecule has 8 saturated heterocycles. The van der Waals surface area contributed by atoms with Crippen molar-refractivity contribution in [2.45, 2.75) is 293 Å². The van der Waals surface area contributed by atoms with Gasteiger partial charge in [-0.3, -0.25) is 9.59 Å². The van der Waals surface area contributed by atoms with Crippen LogP contribution in [0.2, 0.25) is 0 Å². The van der Waals surface area contributed by atoms with Gasteiger partial charge in [0.15, 0.2) is 0 Å². The van der Waals surface area contributed by atoms with Crippen molar-refractivity contribution >= 4 is 12.9 Å². The fraction of sp³-hybridized carbons (Fsp3) is 0.855. The maximum atomic E-state index is 10.8. The topological polar surface area (TPSA) is 294 Å². The first kappa shape index (κ1) is 86.7. The van der Waals surface area contributed by atoms with Crippen LogP contribution in [0.25, 0.3) is 0 Å². The van der Waals surface area contributed by atoms with E-state index < -0.39 is 18.3 Å². The summed E-state index contributed by atoms with van der Waals surface area (Å²) >= 11 is 0. The van der Waals surface area contributed by atoms with Crippen LogP contribution in [0.5, 0.6) is 0 Å². The SMILES string of the molecule is C.C.CO.CO[C@@H]1[C@@H](O)CC[C@]2(CO2)[C@H]1[C@@]1(C)O[C@@H]1CC=C(C)C.CO[C@@H]1[C@@H](O)CC[C@]2(CO2)[C@H]1[C@@]1(C)O[C@@H]1CC=C(C)C.CO[C@@H]1[C@H](O)CC[C@]2(CO2)[C@H]1[C@@]1(C)O[C@@H]1CC=C(C)C.CO[C@@H]1[C@H](OC=O)CC[C@]2(CO2)[C@H]1[C@@]1(C)O[C@@H]1CC=C(C)C.O=CO[O-].[H-].[K+].[K+]. The molecule has 21 nitrogen and oxygen atoms in total. The molecule has 12 rings (SSSR count). The van der Waals surface area contributed by atoms with Crippen molar-refractivity contribution < 1.29 is 206 Å². The fourth-order valence-corrected chi connectivity index (χ4v) is 16.0. The van der Waals surface area contributed by atoms with E-state index in [1.165, 1.54) is 22.3 Å². The number of methoxy groups -OCH3 is 4. The first-order valence-corrected chi connectivity index (χ1v) is 31.9. The molecular weight excluding hydrogens is 1240 g/mol. The normalized spacial score (nSPS) is 44.0. The molecule has 12 aliphatic rings. The van der Waals surface area contributed by atoms with E-state index in [0.717, 1.165) is 111 Å². The van der Waals surface area contributed by atoms with Gasteiger partial charge in [0, 0.05) is 35.5 Å². The molecule has 0 aromatic rings. The van der Waals surface area contributed by atoms with Gasteiger partial charge in [0.2, 0.25) is 0 Å². The van der Waals surface area contributed by atoms with Crippen LogP contribution in [0, 0.1) is 23.7 Å². The number of ether oxygens (including phenoxy) is 13. The summed E-state index contributed by atoms with van der Waals surface area (Å²) in [6, 6.07) is 0. The van der Waals surface area contributed by atoms with Crippen molar-refractivity contribution in [1.82, 2.24) is 0 Å². The molecule has 12 fully saturated rings. The molecular formula is C69H118K2O21. The second-order valence-electron chi connectivity index (χ2n) is 28.2. The summed E-state index contributed by atoms with van der Waals surface area (Å²) in [6.07, 6.45) is 17.9. The van der Waals surface area contributed by atoms with Gasteiger partial charge in [-0.05, 0) is 160 Å². The molecule has 24 atom stereocenters. The Hall–Kier alpha value is 0.493. The smallest absolute Gasteiger partial charge is 1.00 e. The van der Waals surface area contributed by atoms with Crippen LogP contribution >= 0.6 is 0 Å². The summed E-state index contributed by atoms with van der Waals surface area (Å²) in [5, 5.41) is 46.2. The zero-order valence-corrected chi connectivity index (χ0v) is 64.0. The molecule has 92 heavy (non-hydrogen) atoms. The molecule has 4 N–H and O–H groups in total. The van der Waals surface area contributed by atoms with E-state index in [1.807, 2.05) is 0 Å². The van der Waals surface area contributed by atoms with E-state index in [4.69, 9.17) is 76.7 Å². The molecule has 0 amide bonds. The summed E-state index contributed by atoms with van der Waals surface area (Å²) in [5.41, 5.74) is 3.76. The van der Waals surface area contributed by atoms with E-state index in [2.05, 4.69) is 112 Å². The standard InChI is InChI=1S/C17H26O5.3C16H26O4.CH2O3.CH4O.2CH4.2K.H/c1-11(2)5-6-13-16(3,22-13)15-14(19-4)12(20-10-18)7-8-17(15)9-21-17;3*1-10(2)5-6-12-15(3,20-12)14-13(18-4)11(17)7-8-16(14)9-19-16;2-1-4-3;1-2;;;;;/h5,10,12-15H,6-9H2,1-4H3;3*5,11-14,17H,6-9H2,1-4H3;1,3H;2H,1H3;2*1H4;;;/q;;;;;;;;2*+1;-1/p-1/t12-,13-,14-,15-,16+,17+;2*11-,12+,13+,14+,15-,16-;11-,12-,13-,14-,15+,16+;;;;;;;/m1001......./s1. The van der Waals surface area contributed by atoms with Gasteiger partial charge in [0.1, 0.15) is 40.2 Å². The Labute approximate surface area is 637 Å². The molecule has 8 aliphatic heterocycles. The van der Waals surface area contributed by atoms with Gasteiger partial charge in [-0.2, -0.15) is 0 Å². The molecule has 0 aromatic carbocycles. The molecule has 8 heterocycles. The van der Waals surface area contributed by atoms with E-state index in [1.54, 1.807) is 28.4 Å². The molecule has 23 heteroatoms. The first-order chi connectivity index (χ1) is 41.7. The Morgan fingerprint density at radius 2 is 0.663 bits per heavy atom. The number of aliphatic hydroxyl groups excluding tert-OH is 4. The van der Waals surface area contributed by atoms with Crippen LogP contribution in [0.1, 0.15) is 176 Å². The van der Waals surface area contributed by atoms with Crippen LogP contribution in [0.3, 0.4) is 0 Å². The molecule has 4 spiro atoms. The number of carbonyl (C=O) groups excluding carboxylic acids is 2. The average molecular weight is 1360 g/mol. The van der Waals surface area contributed by atoms with Gasteiger partial charge in [0.05, 0.1) is 128 Å².